The SMILES string of the molecule is O=C(/C=C/c1ccccc1)/C=C/c1ccccc1.[Pt+2]. The Kier molecular flexibility index (Phi) is 6.77. The minimum Gasteiger partial charge on any atom is -0.290 e. The number of benzene rings is 2. The van der Waals surface area contributed by atoms with Crippen molar-refractivity contribution in [3.05, 3.63) is 83.9 Å². The molecule has 0 atom stereocenters. The van der Waals surface area contributed by atoms with E-state index in [0.29, 0.717) is 0 Å². The maximum absolute atomic E-state index is 11.6. The van der Waals surface area contributed by atoms with Crippen molar-refractivity contribution in [3.8, 4) is 0 Å². The van der Waals surface area contributed by atoms with Crippen LogP contribution in [0.15, 0.2) is 72.8 Å². The van der Waals surface area contributed by atoms with E-state index in [0.717, 1.165) is 11.1 Å². The molecule has 0 fully saturated rings. The van der Waals surface area contributed by atoms with Gasteiger partial charge in [-0.3, -0.25) is 4.79 Å². The van der Waals surface area contributed by atoms with Crippen LogP contribution in [-0.4, -0.2) is 5.78 Å². The molecule has 0 aromatic heterocycles. The Morgan fingerprint density at radius 2 is 1.05 bits per heavy atom. The summed E-state index contributed by atoms with van der Waals surface area (Å²) in [6.07, 6.45) is 6.79. The van der Waals surface area contributed by atoms with Gasteiger partial charge in [0.25, 0.3) is 0 Å². The van der Waals surface area contributed by atoms with Crippen molar-refractivity contribution in [2.45, 2.75) is 0 Å². The Labute approximate surface area is 127 Å². The van der Waals surface area contributed by atoms with Crippen LogP contribution >= 0.6 is 0 Å². The van der Waals surface area contributed by atoms with Gasteiger partial charge < -0.3 is 0 Å². The third kappa shape index (κ3) is 5.63. The van der Waals surface area contributed by atoms with Gasteiger partial charge in [0.1, 0.15) is 0 Å². The average Bonchev–Trinajstić information content (AvgIpc) is 2.45. The first-order chi connectivity index (χ1) is 8.84. The van der Waals surface area contributed by atoms with E-state index >= 15 is 0 Å². The molecule has 0 bridgehead atoms. The number of allylic oxidation sites excluding steroid dienone is 2. The number of carbonyl (C=O) groups is 1. The molecule has 2 aromatic carbocycles. The summed E-state index contributed by atoms with van der Waals surface area (Å²) >= 11 is 0. The minimum absolute atomic E-state index is 0. The molecule has 19 heavy (non-hydrogen) atoms. The van der Waals surface area contributed by atoms with Crippen molar-refractivity contribution in [2.75, 3.05) is 0 Å². The first-order valence-electron chi connectivity index (χ1n) is 5.85. The largest absolute Gasteiger partial charge is 2.00 e. The van der Waals surface area contributed by atoms with E-state index < -0.39 is 0 Å². The van der Waals surface area contributed by atoms with Crippen molar-refractivity contribution in [3.63, 3.8) is 0 Å². The third-order valence-corrected chi connectivity index (χ3v) is 2.48. The molecule has 0 aliphatic rings. The van der Waals surface area contributed by atoms with Gasteiger partial charge in [-0.15, -0.1) is 0 Å². The van der Waals surface area contributed by atoms with Gasteiger partial charge in [0.2, 0.25) is 0 Å². The van der Waals surface area contributed by atoms with Gasteiger partial charge in [0.05, 0.1) is 0 Å². The van der Waals surface area contributed by atoms with E-state index in [4.69, 9.17) is 0 Å². The molecule has 0 aliphatic carbocycles. The van der Waals surface area contributed by atoms with Crippen molar-refractivity contribution < 1.29 is 25.9 Å². The second-order valence-corrected chi connectivity index (χ2v) is 3.89. The molecule has 0 N–H and O–H groups in total. The summed E-state index contributed by atoms with van der Waals surface area (Å²) < 4.78 is 0. The molecule has 0 radical (unpaired) electrons. The molecule has 2 heteroatoms. The predicted molar refractivity (Wildman–Crippen MR) is 76.0 cm³/mol. The van der Waals surface area contributed by atoms with E-state index in [2.05, 4.69) is 0 Å². The van der Waals surface area contributed by atoms with Crippen LogP contribution in [0.4, 0.5) is 0 Å². The molecule has 2 rings (SSSR count). The van der Waals surface area contributed by atoms with Crippen LogP contribution in [0.1, 0.15) is 11.1 Å². The average molecular weight is 429 g/mol. The maximum atomic E-state index is 11.6. The molecular weight excluding hydrogens is 415 g/mol. The Balaban J connectivity index is 0.00000180. The van der Waals surface area contributed by atoms with Gasteiger partial charge in [0.15, 0.2) is 5.78 Å². The topological polar surface area (TPSA) is 17.1 Å². The summed E-state index contributed by atoms with van der Waals surface area (Å²) in [5.74, 6) is -0.0114. The molecule has 0 saturated carbocycles. The van der Waals surface area contributed by atoms with Gasteiger partial charge >= 0.3 is 21.1 Å². The maximum Gasteiger partial charge on any atom is 2.00 e. The summed E-state index contributed by atoms with van der Waals surface area (Å²) in [5, 5.41) is 0. The number of ketones is 1. The van der Waals surface area contributed by atoms with E-state index in [1.165, 1.54) is 0 Å². The Morgan fingerprint density at radius 3 is 1.42 bits per heavy atom. The zero-order chi connectivity index (χ0) is 12.6. The van der Waals surface area contributed by atoms with Crippen molar-refractivity contribution in [2.24, 2.45) is 0 Å². The summed E-state index contributed by atoms with van der Waals surface area (Å²) in [7, 11) is 0. The minimum atomic E-state index is -0.0114. The zero-order valence-corrected chi connectivity index (χ0v) is 12.6. The van der Waals surface area contributed by atoms with Crippen LogP contribution < -0.4 is 0 Å². The summed E-state index contributed by atoms with van der Waals surface area (Å²) in [5.41, 5.74) is 2.05. The quantitative estimate of drug-likeness (QED) is 0.673. The first kappa shape index (κ1) is 15.3. The Hall–Kier alpha value is -1.72. The van der Waals surface area contributed by atoms with E-state index in [9.17, 15) is 4.79 Å². The van der Waals surface area contributed by atoms with Gasteiger partial charge in [-0.05, 0) is 23.3 Å². The number of rotatable bonds is 4. The van der Waals surface area contributed by atoms with Gasteiger partial charge in [-0.25, -0.2) is 0 Å². The van der Waals surface area contributed by atoms with E-state index in [1.54, 1.807) is 12.2 Å². The van der Waals surface area contributed by atoms with Gasteiger partial charge in [0, 0.05) is 0 Å². The zero-order valence-electron chi connectivity index (χ0n) is 10.3. The molecule has 0 saturated heterocycles. The van der Waals surface area contributed by atoms with Crippen LogP contribution in [0.25, 0.3) is 12.2 Å². The monoisotopic (exact) mass is 429 g/mol. The van der Waals surface area contributed by atoms with Crippen molar-refractivity contribution in [1.29, 1.82) is 0 Å². The molecule has 0 amide bonds. The standard InChI is InChI=1S/C17H14O.Pt/c18-17(13-11-15-7-3-1-4-8-15)14-12-16-9-5-2-6-10-16;/h1-14H;/q;+2/b13-11+,14-12+;. The Morgan fingerprint density at radius 1 is 0.684 bits per heavy atom. The molecule has 0 unspecified atom stereocenters. The second kappa shape index (κ2) is 8.39. The van der Waals surface area contributed by atoms with E-state index in [1.807, 2.05) is 72.8 Å². The second-order valence-electron chi connectivity index (χ2n) is 3.89. The van der Waals surface area contributed by atoms with E-state index in [-0.39, 0.29) is 26.8 Å². The Bertz CT molecular complexity index is 505. The number of hydrogen-bond acceptors (Lipinski definition) is 1. The van der Waals surface area contributed by atoms with Crippen LogP contribution in [-0.2, 0) is 25.9 Å². The van der Waals surface area contributed by atoms with Crippen molar-refractivity contribution >= 4 is 17.9 Å². The van der Waals surface area contributed by atoms with Crippen LogP contribution in [0.5, 0.6) is 0 Å². The number of hydrogen-bond donors (Lipinski definition) is 0. The molecule has 0 spiro atoms. The van der Waals surface area contributed by atoms with Crippen LogP contribution in [0.3, 0.4) is 0 Å². The van der Waals surface area contributed by atoms with Crippen LogP contribution in [0.2, 0.25) is 0 Å². The summed E-state index contributed by atoms with van der Waals surface area (Å²) in [6.45, 7) is 0. The molecule has 96 valence electrons. The smallest absolute Gasteiger partial charge is 0.290 e. The van der Waals surface area contributed by atoms with Crippen LogP contribution in [0, 0.1) is 0 Å². The summed E-state index contributed by atoms with van der Waals surface area (Å²) in [6, 6.07) is 19.6. The normalized spacial score (nSPS) is 10.5. The molecular formula is C17H14OPt+2. The molecule has 0 aliphatic heterocycles. The number of carbonyl (C=O) groups excluding carboxylic acids is 1. The first-order valence-corrected chi connectivity index (χ1v) is 5.85. The fourth-order valence-corrected chi connectivity index (χ4v) is 1.54. The predicted octanol–water partition coefficient (Wildman–Crippen LogP) is 3.98. The third-order valence-electron chi connectivity index (χ3n) is 2.48. The summed E-state index contributed by atoms with van der Waals surface area (Å²) in [4.78, 5) is 11.6. The fourth-order valence-electron chi connectivity index (χ4n) is 1.54. The van der Waals surface area contributed by atoms with Crippen molar-refractivity contribution in [1.82, 2.24) is 0 Å². The van der Waals surface area contributed by atoms with Gasteiger partial charge in [-0.2, -0.15) is 0 Å². The fraction of sp³-hybridized carbons (Fsp3) is 0. The molecule has 2 aromatic rings. The van der Waals surface area contributed by atoms with Gasteiger partial charge in [-0.1, -0.05) is 72.8 Å². The molecule has 1 nitrogen and oxygen atoms in total. The molecule has 0 heterocycles.